The van der Waals surface area contributed by atoms with Gasteiger partial charge in [-0.05, 0) is 31.0 Å². The van der Waals surface area contributed by atoms with Crippen molar-refractivity contribution in [1.29, 1.82) is 0 Å². The molecule has 112 valence electrons. The van der Waals surface area contributed by atoms with Crippen LogP contribution in [0.25, 0.3) is 11.3 Å². The second-order valence-corrected chi connectivity index (χ2v) is 4.78. The average molecular weight is 294 g/mol. The number of benzene rings is 1. The third kappa shape index (κ3) is 2.94. The molecule has 2 aromatic rings. The van der Waals surface area contributed by atoms with Crippen molar-refractivity contribution < 1.29 is 18.7 Å². The van der Waals surface area contributed by atoms with Gasteiger partial charge >= 0.3 is 5.97 Å². The largest absolute Gasteiger partial charge is 0.478 e. The molecule has 6 heteroatoms. The lowest BCUT2D eigenvalue weighted by molar-refractivity contribution is 0.0697. The van der Waals surface area contributed by atoms with Crippen molar-refractivity contribution in [2.24, 2.45) is 0 Å². The van der Waals surface area contributed by atoms with Gasteiger partial charge in [0, 0.05) is 11.8 Å². The maximum Gasteiger partial charge on any atom is 0.339 e. The van der Waals surface area contributed by atoms with Gasteiger partial charge in [0.2, 0.25) is 0 Å². The molecule has 0 unspecified atom stereocenters. The van der Waals surface area contributed by atoms with E-state index in [9.17, 15) is 18.7 Å². The van der Waals surface area contributed by atoms with Crippen LogP contribution in [-0.2, 0) is 0 Å². The molecule has 0 aliphatic rings. The minimum Gasteiger partial charge on any atom is -0.478 e. The molecule has 0 radical (unpaired) electrons. The Kier molecular flexibility index (Phi) is 4.35. The van der Waals surface area contributed by atoms with Gasteiger partial charge in [0.1, 0.15) is 11.3 Å². The molecule has 0 atom stereocenters. The molecule has 1 aromatic carbocycles. The number of rotatable bonds is 5. The second-order valence-electron chi connectivity index (χ2n) is 4.78. The lowest BCUT2D eigenvalue weighted by atomic mass is 10.1. The van der Waals surface area contributed by atoms with E-state index >= 15 is 0 Å². The fourth-order valence-corrected chi connectivity index (χ4v) is 2.25. The van der Waals surface area contributed by atoms with Crippen molar-refractivity contribution in [2.75, 3.05) is 0 Å². The van der Waals surface area contributed by atoms with Crippen molar-refractivity contribution in [3.8, 4) is 11.3 Å². The van der Waals surface area contributed by atoms with Crippen LogP contribution in [0, 0.1) is 11.6 Å². The molecule has 21 heavy (non-hydrogen) atoms. The number of halogens is 2. The Balaban J connectivity index is 2.55. The van der Waals surface area contributed by atoms with Crippen molar-refractivity contribution in [3.05, 3.63) is 41.6 Å². The summed E-state index contributed by atoms with van der Waals surface area (Å²) in [5.74, 6) is -3.15. The highest BCUT2D eigenvalue weighted by Gasteiger charge is 2.20. The first-order valence-electron chi connectivity index (χ1n) is 6.75. The van der Waals surface area contributed by atoms with E-state index in [1.165, 1.54) is 12.3 Å². The van der Waals surface area contributed by atoms with Crippen LogP contribution >= 0.6 is 0 Å². The summed E-state index contributed by atoms with van der Waals surface area (Å²) in [7, 11) is 0. The Labute approximate surface area is 121 Å². The van der Waals surface area contributed by atoms with Crippen molar-refractivity contribution in [2.45, 2.75) is 32.7 Å². The molecule has 0 aliphatic heterocycles. The smallest absolute Gasteiger partial charge is 0.339 e. The fraction of sp³-hybridized carbons (Fsp3) is 0.333. The molecular formula is C15H16F2N2O2. The first-order valence-corrected chi connectivity index (χ1v) is 6.75. The van der Waals surface area contributed by atoms with Gasteiger partial charge in [-0.25, -0.2) is 13.6 Å². The van der Waals surface area contributed by atoms with Crippen LogP contribution in [0.5, 0.6) is 0 Å². The van der Waals surface area contributed by atoms with Gasteiger partial charge in [-0.1, -0.05) is 13.8 Å². The van der Waals surface area contributed by atoms with E-state index in [-0.39, 0.29) is 22.9 Å². The van der Waals surface area contributed by atoms with Crippen LogP contribution in [-0.4, -0.2) is 20.9 Å². The van der Waals surface area contributed by atoms with Gasteiger partial charge in [-0.15, -0.1) is 0 Å². The van der Waals surface area contributed by atoms with Crippen LogP contribution < -0.4 is 0 Å². The normalized spacial score (nSPS) is 11.1. The number of hydrogen-bond acceptors (Lipinski definition) is 2. The molecule has 1 heterocycles. The fourth-order valence-electron chi connectivity index (χ4n) is 2.25. The van der Waals surface area contributed by atoms with E-state index in [2.05, 4.69) is 5.10 Å². The Hall–Kier alpha value is -2.24. The monoisotopic (exact) mass is 294 g/mol. The summed E-state index contributed by atoms with van der Waals surface area (Å²) in [4.78, 5) is 11.3. The third-order valence-corrected chi connectivity index (χ3v) is 3.47. The number of aromatic carboxylic acids is 1. The quantitative estimate of drug-likeness (QED) is 0.910. The van der Waals surface area contributed by atoms with E-state index in [4.69, 9.17) is 0 Å². The highest BCUT2D eigenvalue weighted by molar-refractivity contribution is 5.94. The van der Waals surface area contributed by atoms with Crippen LogP contribution in [0.2, 0.25) is 0 Å². The van der Waals surface area contributed by atoms with E-state index in [0.29, 0.717) is 0 Å². The summed E-state index contributed by atoms with van der Waals surface area (Å²) < 4.78 is 27.9. The Morgan fingerprint density at radius 1 is 1.29 bits per heavy atom. The summed E-state index contributed by atoms with van der Waals surface area (Å²) >= 11 is 0. The molecule has 2 rings (SSSR count). The van der Waals surface area contributed by atoms with Crippen molar-refractivity contribution >= 4 is 5.97 Å². The third-order valence-electron chi connectivity index (χ3n) is 3.47. The molecule has 1 N–H and O–H groups in total. The number of nitrogens with zero attached hydrogens (tertiary/aromatic N) is 2. The Morgan fingerprint density at radius 3 is 2.48 bits per heavy atom. The van der Waals surface area contributed by atoms with Gasteiger partial charge in [0.15, 0.2) is 11.6 Å². The molecule has 0 spiro atoms. The zero-order valence-electron chi connectivity index (χ0n) is 11.8. The molecule has 0 saturated heterocycles. The lowest BCUT2D eigenvalue weighted by Gasteiger charge is -2.12. The minimum atomic E-state index is -1.15. The van der Waals surface area contributed by atoms with E-state index in [0.717, 1.165) is 25.0 Å². The maximum atomic E-state index is 13.3. The first kappa shape index (κ1) is 15.2. The van der Waals surface area contributed by atoms with Crippen LogP contribution in [0.1, 0.15) is 43.1 Å². The van der Waals surface area contributed by atoms with Gasteiger partial charge < -0.3 is 5.11 Å². The molecule has 1 aromatic heterocycles. The van der Waals surface area contributed by atoms with Crippen LogP contribution in [0.15, 0.2) is 24.4 Å². The Morgan fingerprint density at radius 2 is 1.95 bits per heavy atom. The average Bonchev–Trinajstić information content (AvgIpc) is 2.88. The SMILES string of the molecule is CCC(CC)n1cc(C(=O)O)c(-c2ccc(F)c(F)c2)n1. The van der Waals surface area contributed by atoms with E-state index < -0.39 is 17.6 Å². The Bertz CT molecular complexity index is 664. The van der Waals surface area contributed by atoms with E-state index in [1.54, 1.807) is 4.68 Å². The number of carboxylic acids is 1. The summed E-state index contributed by atoms with van der Waals surface area (Å²) in [6.07, 6.45) is 3.04. The van der Waals surface area contributed by atoms with Crippen LogP contribution in [0.3, 0.4) is 0 Å². The number of aromatic nitrogens is 2. The molecule has 0 aliphatic carbocycles. The molecule has 0 bridgehead atoms. The molecule has 4 nitrogen and oxygen atoms in total. The number of hydrogen-bond donors (Lipinski definition) is 1. The molecular weight excluding hydrogens is 278 g/mol. The summed E-state index contributed by atoms with van der Waals surface area (Å²) in [6, 6.07) is 3.32. The summed E-state index contributed by atoms with van der Waals surface area (Å²) in [6.45, 7) is 3.96. The predicted molar refractivity (Wildman–Crippen MR) is 74.2 cm³/mol. The van der Waals surface area contributed by atoms with Crippen LogP contribution in [0.4, 0.5) is 8.78 Å². The topological polar surface area (TPSA) is 55.1 Å². The maximum absolute atomic E-state index is 13.3. The van der Waals surface area contributed by atoms with Gasteiger partial charge in [-0.2, -0.15) is 5.10 Å². The van der Waals surface area contributed by atoms with Gasteiger partial charge in [-0.3, -0.25) is 4.68 Å². The molecule has 0 fully saturated rings. The number of carbonyl (C=O) groups is 1. The minimum absolute atomic E-state index is 0.0205. The highest BCUT2D eigenvalue weighted by atomic mass is 19.2. The second kappa shape index (κ2) is 6.03. The van der Waals surface area contributed by atoms with Gasteiger partial charge in [0.25, 0.3) is 0 Å². The summed E-state index contributed by atoms with van der Waals surface area (Å²) in [5.41, 5.74) is 0.372. The summed E-state index contributed by atoms with van der Waals surface area (Å²) in [5, 5.41) is 13.5. The zero-order chi connectivity index (χ0) is 15.6. The predicted octanol–water partition coefficient (Wildman–Crippen LogP) is 3.89. The molecule has 0 saturated carbocycles. The van der Waals surface area contributed by atoms with Gasteiger partial charge in [0.05, 0.1) is 6.04 Å². The highest BCUT2D eigenvalue weighted by Crippen LogP contribution is 2.26. The number of carboxylic acid groups (broad SMARTS) is 1. The molecule has 0 amide bonds. The van der Waals surface area contributed by atoms with E-state index in [1.807, 2.05) is 13.8 Å². The lowest BCUT2D eigenvalue weighted by Crippen LogP contribution is -2.07. The van der Waals surface area contributed by atoms with Crippen molar-refractivity contribution in [1.82, 2.24) is 9.78 Å². The first-order chi connectivity index (χ1) is 9.97. The van der Waals surface area contributed by atoms with Crippen molar-refractivity contribution in [3.63, 3.8) is 0 Å². The standard InChI is InChI=1S/C15H16F2N2O2/c1-3-10(4-2)19-8-11(15(20)21)14(18-19)9-5-6-12(16)13(17)7-9/h5-8,10H,3-4H2,1-2H3,(H,20,21). The zero-order valence-corrected chi connectivity index (χ0v) is 11.8.